The maximum absolute atomic E-state index is 13.1. The van der Waals surface area contributed by atoms with E-state index in [-0.39, 0.29) is 30.8 Å². The van der Waals surface area contributed by atoms with E-state index in [4.69, 9.17) is 0 Å². The number of halogens is 1. The van der Waals surface area contributed by atoms with Gasteiger partial charge in [-0.1, -0.05) is 36.4 Å². The highest BCUT2D eigenvalue weighted by Gasteiger charge is 2.20. The van der Waals surface area contributed by atoms with Crippen LogP contribution >= 0.6 is 0 Å². The van der Waals surface area contributed by atoms with Crippen LogP contribution in [0.15, 0.2) is 48.5 Å². The SMILES string of the molecule is O=C(CNC(=O)N1CCc2ccccc2C1)NCc1cccc(F)c1. The van der Waals surface area contributed by atoms with Crippen LogP contribution in [-0.2, 0) is 24.3 Å². The van der Waals surface area contributed by atoms with E-state index in [2.05, 4.69) is 16.7 Å². The Morgan fingerprint density at radius 2 is 1.84 bits per heavy atom. The molecule has 25 heavy (non-hydrogen) atoms. The lowest BCUT2D eigenvalue weighted by Crippen LogP contribution is -2.46. The van der Waals surface area contributed by atoms with Crippen molar-refractivity contribution in [1.82, 2.24) is 15.5 Å². The predicted molar refractivity (Wildman–Crippen MR) is 92.2 cm³/mol. The van der Waals surface area contributed by atoms with Crippen LogP contribution in [0.2, 0.25) is 0 Å². The van der Waals surface area contributed by atoms with E-state index in [1.54, 1.807) is 17.0 Å². The van der Waals surface area contributed by atoms with E-state index >= 15 is 0 Å². The number of benzene rings is 2. The summed E-state index contributed by atoms with van der Waals surface area (Å²) in [4.78, 5) is 25.8. The van der Waals surface area contributed by atoms with E-state index in [9.17, 15) is 14.0 Å². The highest BCUT2D eigenvalue weighted by Crippen LogP contribution is 2.18. The minimum Gasteiger partial charge on any atom is -0.350 e. The number of hydrogen-bond donors (Lipinski definition) is 2. The summed E-state index contributed by atoms with van der Waals surface area (Å²) in [5.74, 6) is -0.652. The van der Waals surface area contributed by atoms with Crippen LogP contribution in [0, 0.1) is 5.82 Å². The Kier molecular flexibility index (Phi) is 5.28. The maximum atomic E-state index is 13.1. The number of hydrogen-bond acceptors (Lipinski definition) is 2. The van der Waals surface area contributed by atoms with Gasteiger partial charge in [0.15, 0.2) is 0 Å². The molecule has 2 aromatic rings. The Bertz CT molecular complexity index is 779. The number of carbonyl (C=O) groups excluding carboxylic acids is 2. The van der Waals surface area contributed by atoms with Crippen molar-refractivity contribution in [2.45, 2.75) is 19.5 Å². The molecule has 2 N–H and O–H groups in total. The van der Waals surface area contributed by atoms with Gasteiger partial charge >= 0.3 is 6.03 Å². The molecule has 1 aliphatic rings. The summed E-state index contributed by atoms with van der Waals surface area (Å²) >= 11 is 0. The van der Waals surface area contributed by atoms with E-state index in [1.807, 2.05) is 18.2 Å². The zero-order valence-corrected chi connectivity index (χ0v) is 13.8. The fourth-order valence-electron chi connectivity index (χ4n) is 2.85. The van der Waals surface area contributed by atoms with Gasteiger partial charge in [0.2, 0.25) is 5.91 Å². The first-order valence-corrected chi connectivity index (χ1v) is 8.22. The summed E-state index contributed by atoms with van der Waals surface area (Å²) in [6.45, 7) is 1.30. The van der Waals surface area contributed by atoms with Crippen molar-refractivity contribution >= 4 is 11.9 Å². The van der Waals surface area contributed by atoms with E-state index in [1.165, 1.54) is 17.7 Å². The van der Waals surface area contributed by atoms with Crippen molar-refractivity contribution in [3.05, 3.63) is 71.0 Å². The molecule has 0 atom stereocenters. The summed E-state index contributed by atoms with van der Waals surface area (Å²) in [5.41, 5.74) is 3.08. The van der Waals surface area contributed by atoms with Gasteiger partial charge in [-0.3, -0.25) is 4.79 Å². The maximum Gasteiger partial charge on any atom is 0.318 e. The third kappa shape index (κ3) is 4.56. The van der Waals surface area contributed by atoms with Crippen molar-refractivity contribution in [2.24, 2.45) is 0 Å². The number of fused-ring (bicyclic) bond motifs is 1. The molecule has 3 rings (SSSR count). The zero-order chi connectivity index (χ0) is 17.6. The molecule has 130 valence electrons. The van der Waals surface area contributed by atoms with Gasteiger partial charge in [0.05, 0.1) is 6.54 Å². The second-order valence-corrected chi connectivity index (χ2v) is 6.01. The first-order chi connectivity index (χ1) is 12.1. The van der Waals surface area contributed by atoms with Gasteiger partial charge in [0, 0.05) is 19.6 Å². The number of nitrogens with one attached hydrogen (secondary N) is 2. The van der Waals surface area contributed by atoms with Gasteiger partial charge in [-0.15, -0.1) is 0 Å². The molecule has 0 unspecified atom stereocenters. The molecule has 0 radical (unpaired) electrons. The quantitative estimate of drug-likeness (QED) is 0.896. The third-order valence-electron chi connectivity index (χ3n) is 4.20. The lowest BCUT2D eigenvalue weighted by Gasteiger charge is -2.28. The van der Waals surface area contributed by atoms with Crippen LogP contribution in [0.1, 0.15) is 16.7 Å². The van der Waals surface area contributed by atoms with Crippen molar-refractivity contribution in [3.63, 3.8) is 0 Å². The predicted octanol–water partition coefficient (Wildman–Crippen LogP) is 2.21. The molecule has 3 amide bonds. The van der Waals surface area contributed by atoms with Crippen LogP contribution in [-0.4, -0.2) is 29.9 Å². The van der Waals surface area contributed by atoms with Crippen molar-refractivity contribution in [3.8, 4) is 0 Å². The lowest BCUT2D eigenvalue weighted by molar-refractivity contribution is -0.120. The molecule has 2 aromatic carbocycles. The molecular weight excluding hydrogens is 321 g/mol. The van der Waals surface area contributed by atoms with Crippen LogP contribution < -0.4 is 10.6 Å². The van der Waals surface area contributed by atoms with Gasteiger partial charge in [-0.2, -0.15) is 0 Å². The van der Waals surface area contributed by atoms with Crippen molar-refractivity contribution in [2.75, 3.05) is 13.1 Å². The van der Waals surface area contributed by atoms with E-state index in [0.29, 0.717) is 18.7 Å². The first-order valence-electron chi connectivity index (χ1n) is 8.22. The molecule has 0 saturated heterocycles. The number of carbonyl (C=O) groups is 2. The largest absolute Gasteiger partial charge is 0.350 e. The standard InChI is InChI=1S/C19H20FN3O2/c20-17-7-3-4-14(10-17)11-21-18(24)12-22-19(25)23-9-8-15-5-1-2-6-16(15)13-23/h1-7,10H,8-9,11-13H2,(H,21,24)(H,22,25). The third-order valence-corrected chi connectivity index (χ3v) is 4.20. The minimum absolute atomic E-state index is 0.105. The van der Waals surface area contributed by atoms with Gasteiger partial charge in [0.25, 0.3) is 0 Å². The van der Waals surface area contributed by atoms with Gasteiger partial charge in [-0.25, -0.2) is 9.18 Å². The number of urea groups is 1. The number of nitrogens with zero attached hydrogens (tertiary/aromatic N) is 1. The molecule has 0 saturated carbocycles. The zero-order valence-electron chi connectivity index (χ0n) is 13.8. The Labute approximate surface area is 145 Å². The highest BCUT2D eigenvalue weighted by molar-refractivity contribution is 5.84. The van der Waals surface area contributed by atoms with Crippen LogP contribution in [0.5, 0.6) is 0 Å². The lowest BCUT2D eigenvalue weighted by atomic mass is 10.0. The monoisotopic (exact) mass is 341 g/mol. The highest BCUT2D eigenvalue weighted by atomic mass is 19.1. The summed E-state index contributed by atoms with van der Waals surface area (Å²) in [5, 5.41) is 5.29. The summed E-state index contributed by atoms with van der Waals surface area (Å²) in [6, 6.07) is 13.8. The number of amides is 3. The Morgan fingerprint density at radius 1 is 1.04 bits per heavy atom. The fourth-order valence-corrected chi connectivity index (χ4v) is 2.85. The summed E-state index contributed by atoms with van der Waals surface area (Å²) < 4.78 is 13.1. The molecule has 0 aromatic heterocycles. The van der Waals surface area contributed by atoms with Gasteiger partial charge in [0.1, 0.15) is 5.82 Å². The minimum atomic E-state index is -0.342. The first kappa shape index (κ1) is 17.0. The second kappa shape index (κ2) is 7.79. The molecule has 1 aliphatic heterocycles. The topological polar surface area (TPSA) is 61.4 Å². The molecule has 5 nitrogen and oxygen atoms in total. The molecule has 0 bridgehead atoms. The normalized spacial score (nSPS) is 13.1. The molecule has 0 spiro atoms. The molecule has 6 heteroatoms. The second-order valence-electron chi connectivity index (χ2n) is 6.01. The smallest absolute Gasteiger partial charge is 0.318 e. The summed E-state index contributed by atoms with van der Waals surface area (Å²) in [7, 11) is 0. The Balaban J connectivity index is 1.44. The molecule has 0 fully saturated rings. The Morgan fingerprint density at radius 3 is 2.64 bits per heavy atom. The molecule has 1 heterocycles. The number of rotatable bonds is 4. The van der Waals surface area contributed by atoms with Gasteiger partial charge < -0.3 is 15.5 Å². The van der Waals surface area contributed by atoms with E-state index in [0.717, 1.165) is 12.0 Å². The van der Waals surface area contributed by atoms with Crippen molar-refractivity contribution < 1.29 is 14.0 Å². The van der Waals surface area contributed by atoms with Gasteiger partial charge in [-0.05, 0) is 35.2 Å². The van der Waals surface area contributed by atoms with Crippen LogP contribution in [0.25, 0.3) is 0 Å². The van der Waals surface area contributed by atoms with Crippen LogP contribution in [0.4, 0.5) is 9.18 Å². The Hall–Kier alpha value is -2.89. The average Bonchev–Trinajstić information content (AvgIpc) is 2.64. The molecular formula is C19H20FN3O2. The van der Waals surface area contributed by atoms with Crippen LogP contribution in [0.3, 0.4) is 0 Å². The van der Waals surface area contributed by atoms with Crippen molar-refractivity contribution in [1.29, 1.82) is 0 Å². The average molecular weight is 341 g/mol. The summed E-state index contributed by atoms with van der Waals surface area (Å²) in [6.07, 6.45) is 0.815. The fraction of sp³-hybridized carbons (Fsp3) is 0.263. The van der Waals surface area contributed by atoms with E-state index < -0.39 is 0 Å². The molecule has 0 aliphatic carbocycles.